The molecule has 0 spiro atoms. The molecule has 0 saturated heterocycles. The van der Waals surface area contributed by atoms with Crippen LogP contribution in [-0.2, 0) is 21.1 Å². The monoisotopic (exact) mass is 2430 g/mol. The molecule has 0 fully saturated rings. The van der Waals surface area contributed by atoms with Crippen molar-refractivity contribution in [2.75, 3.05) is 9.80 Å². The van der Waals surface area contributed by atoms with Gasteiger partial charge in [-0.2, -0.15) is 0 Å². The predicted octanol–water partition coefficient (Wildman–Crippen LogP) is 30.8. The smallest absolute Gasteiger partial charge is 0.537 e. The molecule has 24 heteroatoms. The van der Waals surface area contributed by atoms with E-state index in [0.29, 0.717) is 13.4 Å². The van der Waals surface area contributed by atoms with Crippen LogP contribution in [0.5, 0.6) is 5.75 Å². The van der Waals surface area contributed by atoms with E-state index in [4.69, 9.17) is 25.0 Å². The van der Waals surface area contributed by atoms with Crippen LogP contribution in [0.4, 0.5) is 34.1 Å². The van der Waals surface area contributed by atoms with Crippen molar-refractivity contribution in [3.63, 3.8) is 0 Å². The molecule has 7 heterocycles. The summed E-state index contributed by atoms with van der Waals surface area (Å²) in [5.41, 5.74) is 33.5. The number of rotatable bonds is 19. The van der Waals surface area contributed by atoms with Crippen molar-refractivity contribution in [1.29, 1.82) is 0 Å². The summed E-state index contributed by atoms with van der Waals surface area (Å²) in [6.07, 6.45) is 14.2. The predicted molar refractivity (Wildman–Crippen MR) is 624 cm³/mol. The summed E-state index contributed by atoms with van der Waals surface area (Å²) in [6, 6.07) is 77.7. The van der Waals surface area contributed by atoms with Crippen LogP contribution in [0.1, 0.15) is 72.3 Å². The van der Waals surface area contributed by atoms with Gasteiger partial charge in [-0.05, 0) is 327 Å². The molecule has 0 aliphatic heterocycles. The van der Waals surface area contributed by atoms with Crippen LogP contribution in [0.2, 0.25) is 118 Å². The molecule has 0 bridgehead atoms. The Hall–Kier alpha value is -8.38. The van der Waals surface area contributed by atoms with Crippen LogP contribution >= 0.6 is 79.6 Å². The van der Waals surface area contributed by atoms with E-state index in [1.165, 1.54) is 109 Å². The number of hydrogen-bond donors (Lipinski definition) is 1. The van der Waals surface area contributed by atoms with Gasteiger partial charge in [0.1, 0.15) is 15.0 Å². The molecule has 0 saturated carbocycles. The first-order valence-corrected chi connectivity index (χ1v) is 71.5. The number of anilines is 6. The molecular weight excluding hydrogens is 2300 g/mol. The first-order valence-electron chi connectivity index (χ1n) is 46.5. The van der Waals surface area contributed by atoms with E-state index in [1.807, 2.05) is 43.5 Å². The normalized spacial score (nSPS) is 11.5. The van der Waals surface area contributed by atoms with Gasteiger partial charge in [-0.3, -0.25) is 15.0 Å². The molecule has 11 nitrogen and oxygen atoms in total. The summed E-state index contributed by atoms with van der Waals surface area (Å²) in [5, 5.41) is 16.8. The van der Waals surface area contributed by atoms with Gasteiger partial charge in [0.05, 0.1) is 71.2 Å². The standard InChI is InChI=1S/C39H47N3Si2.C39H45N3Si2.C15H18BrNSi.C9H14BrNSi.C6H5BBrO2.C6H5Br2N.Pt/c2*1-26-18-29(4)39(30(5)19-26)42(33-16-12-14-31(22-33)35-20-27(2)37(24-40-35)43(6,7)8)34-17-13-15-32(23-34)36-21-28(3)38(25-41-36)44(9,10)11;1-11-8-14(12-6-5-7-13(16)9-12)17-10-15(11)18(2,3)4;1-7-5-9(10)11-6-8(7)12(2,3)4;8-5-2-1-3-6(4-5)10-7-9;1-4-2-6(8)9-3-5(4)7;/h12-25H,1-11H3;12-21,24-25H,1-11H3;5-10H,1-4H3;5-6H,1-4H3;1-4,9H;2-3H,1H3;/q;-2;;;;;+2. The Kier molecular flexibility index (Phi) is 39.9. The Labute approximate surface area is 888 Å². The first kappa shape index (κ1) is 113. The quantitative estimate of drug-likeness (QED) is 0.0472. The Morgan fingerprint density at radius 3 is 0.877 bits per heavy atom. The van der Waals surface area contributed by atoms with E-state index in [9.17, 15) is 0 Å². The number of benzene rings is 8. The van der Waals surface area contributed by atoms with Crippen LogP contribution in [0.3, 0.4) is 0 Å². The van der Waals surface area contributed by atoms with Crippen LogP contribution in [0.15, 0.2) is 266 Å². The number of aromatic nitrogens is 7. The van der Waals surface area contributed by atoms with Crippen molar-refractivity contribution in [2.45, 2.75) is 208 Å². The van der Waals surface area contributed by atoms with Gasteiger partial charge in [0, 0.05) is 90.5 Å². The first-order chi connectivity index (χ1) is 64.1. The average Bonchev–Trinajstić information content (AvgIpc) is 0.768. The van der Waals surface area contributed by atoms with Gasteiger partial charge >= 0.3 is 28.8 Å². The van der Waals surface area contributed by atoms with Gasteiger partial charge in [-0.1, -0.05) is 251 Å². The zero-order chi connectivity index (χ0) is 101. The fourth-order valence-electron chi connectivity index (χ4n) is 17.4. The molecule has 15 rings (SSSR count). The Morgan fingerprint density at radius 2 is 0.565 bits per heavy atom. The maximum Gasteiger partial charge on any atom is 2.00 e. The Morgan fingerprint density at radius 1 is 0.283 bits per heavy atom. The topological polar surface area (TPSA) is 126 Å². The van der Waals surface area contributed by atoms with Crippen molar-refractivity contribution in [3.05, 3.63) is 351 Å². The van der Waals surface area contributed by atoms with Crippen LogP contribution in [0, 0.1) is 102 Å². The molecule has 719 valence electrons. The third kappa shape index (κ3) is 30.8. The molecule has 0 aliphatic carbocycles. The number of aryl methyl sites for hydroxylation is 13. The van der Waals surface area contributed by atoms with Gasteiger partial charge in [-0.15, -0.1) is 59.7 Å². The zero-order valence-corrected chi connectivity index (χ0v) is 102. The van der Waals surface area contributed by atoms with E-state index in [-0.39, 0.29) is 21.1 Å². The molecule has 1 N–H and O–H groups in total. The molecule has 8 aromatic carbocycles. The Bertz CT molecular complexity index is 6270. The second-order valence-electron chi connectivity index (χ2n) is 41.9. The summed E-state index contributed by atoms with van der Waals surface area (Å²) in [6.45, 7) is 71.0. The third-order valence-electron chi connectivity index (χ3n) is 23.7. The maximum atomic E-state index is 8.25. The van der Waals surface area contributed by atoms with Gasteiger partial charge in [-0.25, -0.2) is 9.97 Å². The third-order valence-corrected chi connectivity index (χ3v) is 39.2. The van der Waals surface area contributed by atoms with Crippen LogP contribution in [0.25, 0.3) is 56.3 Å². The van der Waals surface area contributed by atoms with Gasteiger partial charge in [0.2, 0.25) is 0 Å². The number of nitrogens with zero attached hydrogens (tertiary/aromatic N) is 9. The van der Waals surface area contributed by atoms with Crippen LogP contribution < -0.4 is 45.6 Å². The van der Waals surface area contributed by atoms with E-state index in [0.717, 1.165) is 107 Å². The van der Waals surface area contributed by atoms with Gasteiger partial charge in [0.25, 0.3) is 0 Å². The summed E-state index contributed by atoms with van der Waals surface area (Å²) < 4.78 is 9.56. The number of hydrogen-bond acceptors (Lipinski definition) is 11. The van der Waals surface area contributed by atoms with Crippen molar-refractivity contribution >= 4 is 201 Å². The second-order valence-corrected chi connectivity index (χ2v) is 76.4. The minimum Gasteiger partial charge on any atom is -0.537 e. The molecule has 0 amide bonds. The summed E-state index contributed by atoms with van der Waals surface area (Å²) >= 11 is 16.7. The van der Waals surface area contributed by atoms with Crippen molar-refractivity contribution in [2.24, 2.45) is 0 Å². The van der Waals surface area contributed by atoms with Crippen molar-refractivity contribution in [1.82, 2.24) is 34.9 Å². The van der Waals surface area contributed by atoms with Gasteiger partial charge < -0.3 is 29.4 Å². The fraction of sp³-hybridized carbons (Fsp3) is 0.272. The molecule has 138 heavy (non-hydrogen) atoms. The largest absolute Gasteiger partial charge is 2.00 e. The molecule has 0 unspecified atom stereocenters. The molecular formula is C114H134BBr5N9O2PtSi6. The fourth-order valence-corrected chi connectivity index (χ4v) is 29.6. The Balaban J connectivity index is 0.000000208. The van der Waals surface area contributed by atoms with E-state index < -0.39 is 48.4 Å². The molecule has 7 aromatic heterocycles. The number of halogens is 5. The minimum absolute atomic E-state index is 0. The van der Waals surface area contributed by atoms with E-state index in [1.54, 1.807) is 18.3 Å². The molecule has 0 atom stereocenters. The summed E-state index contributed by atoms with van der Waals surface area (Å²) in [4.78, 5) is 37.4. The van der Waals surface area contributed by atoms with Gasteiger partial charge in [0.15, 0.2) is 0 Å². The summed E-state index contributed by atoms with van der Waals surface area (Å²) in [5.74, 6) is 0.608. The van der Waals surface area contributed by atoms with Crippen molar-refractivity contribution < 1.29 is 30.7 Å². The minimum atomic E-state index is -1.47. The SMILES string of the molecule is Cc1cc(-c2cccc(Br)c2)ncc1[Si](C)(C)C.Cc1cc(Br)ncc1Br.Cc1cc(Br)ncc1[Si](C)(C)C.Cc1cc(C)c(N(c2[c-]c(-c3cc(C)c([Si](C)(C)C)cn3)ccc2)c2[c-]c(-c3cc(C)c([Si](C)(C)C)cn3)ccc2)c(C)c1.Cc1cc(C)c(N(c2cccc(-c3cc(C)c([Si](C)(C)C)cn3)c2)c2cccc(-c3cc(C)c([Si](C)(C)C)cn3)c2)c(C)c1.O[B]Oc1cccc(Br)c1.[Pt+2]. The molecule has 1 radical (unpaired) electrons. The molecule has 0 aliphatic rings. The zero-order valence-electron chi connectivity index (χ0n) is 86.3. The second kappa shape index (κ2) is 48.6. The van der Waals surface area contributed by atoms with E-state index >= 15 is 0 Å². The maximum absolute atomic E-state index is 8.25. The number of pyridine rings is 7. The van der Waals surface area contributed by atoms with Crippen molar-refractivity contribution in [3.8, 4) is 62.0 Å². The average molecular weight is 2440 g/mol. The molecule has 15 aromatic rings. The van der Waals surface area contributed by atoms with E-state index in [2.05, 4.69) is 511 Å². The summed E-state index contributed by atoms with van der Waals surface area (Å²) in [7, 11) is -7.68. The van der Waals surface area contributed by atoms with Crippen LogP contribution in [-0.4, -0.2) is 96.0 Å².